The topological polar surface area (TPSA) is 55.2 Å². The van der Waals surface area contributed by atoms with Crippen LogP contribution < -0.4 is 9.77 Å². The molecule has 2 aromatic carbocycles. The highest BCUT2D eigenvalue weighted by molar-refractivity contribution is 7.22. The number of aromatic nitrogens is 2. The number of anilines is 1. The number of rotatable bonds is 5. The van der Waals surface area contributed by atoms with E-state index >= 15 is 0 Å². The third-order valence-corrected chi connectivity index (χ3v) is 6.52. The van der Waals surface area contributed by atoms with E-state index in [4.69, 9.17) is 4.98 Å². The predicted octanol–water partition coefficient (Wildman–Crippen LogP) is 4.37. The summed E-state index contributed by atoms with van der Waals surface area (Å²) in [5.41, 5.74) is 3.80. The van der Waals surface area contributed by atoms with Crippen LogP contribution in [0.5, 0.6) is 0 Å². The summed E-state index contributed by atoms with van der Waals surface area (Å²) in [5, 5.41) is 2.43. The Morgan fingerprint density at radius 3 is 2.57 bits per heavy atom. The van der Waals surface area contributed by atoms with Gasteiger partial charge in [-0.15, -0.1) is 0 Å². The van der Waals surface area contributed by atoms with Crippen LogP contribution in [0.4, 0.5) is 5.13 Å². The van der Waals surface area contributed by atoms with Crippen molar-refractivity contribution in [3.05, 3.63) is 80.4 Å². The Labute approximate surface area is 170 Å². The zero-order valence-corrected chi connectivity index (χ0v) is 17.2. The van der Waals surface area contributed by atoms with Gasteiger partial charge in [0.05, 0.1) is 16.8 Å². The van der Waals surface area contributed by atoms with Crippen molar-refractivity contribution >= 4 is 43.9 Å². The molecule has 0 aliphatic heterocycles. The van der Waals surface area contributed by atoms with Gasteiger partial charge in [0.1, 0.15) is 6.54 Å². The number of hydrogen-bond donors (Lipinski definition) is 0. The summed E-state index contributed by atoms with van der Waals surface area (Å²) >= 11 is 2.61. The fourth-order valence-corrected chi connectivity index (χ4v) is 4.83. The fourth-order valence-electron chi connectivity index (χ4n) is 3.04. The van der Waals surface area contributed by atoms with Gasteiger partial charge in [-0.3, -0.25) is 19.1 Å². The number of amides is 1. The molecule has 5 nitrogen and oxygen atoms in total. The van der Waals surface area contributed by atoms with E-state index in [0.717, 1.165) is 38.4 Å². The second-order valence-corrected chi connectivity index (χ2v) is 8.44. The van der Waals surface area contributed by atoms with Gasteiger partial charge in [-0.1, -0.05) is 65.1 Å². The standard InChI is InChI=1S/C21H19N3O2S2/c1-14-7-6-10-17-19(14)22-20(28-17)24(11-16-8-4-3-5-9-16)18(25)12-23-15(2)13-27-21(23)26/h3-10,13H,11-12H2,1-2H3. The summed E-state index contributed by atoms with van der Waals surface area (Å²) in [5.74, 6) is -0.149. The van der Waals surface area contributed by atoms with Crippen LogP contribution in [-0.2, 0) is 17.9 Å². The van der Waals surface area contributed by atoms with Gasteiger partial charge in [0.2, 0.25) is 5.91 Å². The molecule has 4 aromatic rings. The lowest BCUT2D eigenvalue weighted by Crippen LogP contribution is -2.35. The average Bonchev–Trinajstić information content (AvgIpc) is 3.26. The molecule has 0 N–H and O–H groups in total. The second kappa shape index (κ2) is 7.69. The Balaban J connectivity index is 1.73. The molecule has 28 heavy (non-hydrogen) atoms. The zero-order valence-electron chi connectivity index (χ0n) is 15.6. The lowest BCUT2D eigenvalue weighted by molar-refractivity contribution is -0.119. The minimum atomic E-state index is -0.149. The van der Waals surface area contributed by atoms with Crippen molar-refractivity contribution in [3.63, 3.8) is 0 Å². The van der Waals surface area contributed by atoms with E-state index in [9.17, 15) is 9.59 Å². The molecule has 1 amide bonds. The molecular formula is C21H19N3O2S2. The first-order valence-corrected chi connectivity index (χ1v) is 10.6. The highest BCUT2D eigenvalue weighted by Gasteiger charge is 2.22. The molecule has 0 atom stereocenters. The molecule has 0 unspecified atom stereocenters. The number of hydrogen-bond acceptors (Lipinski definition) is 5. The summed E-state index contributed by atoms with van der Waals surface area (Å²) in [6.07, 6.45) is 0. The molecule has 0 saturated carbocycles. The number of carbonyl (C=O) groups excluding carboxylic acids is 1. The highest BCUT2D eigenvalue weighted by atomic mass is 32.1. The first kappa shape index (κ1) is 18.6. The van der Waals surface area contributed by atoms with Crippen LogP contribution in [0, 0.1) is 13.8 Å². The normalized spacial score (nSPS) is 11.1. The summed E-state index contributed by atoms with van der Waals surface area (Å²) in [6.45, 7) is 4.28. The average molecular weight is 410 g/mol. The molecule has 0 spiro atoms. The number of thiazole rings is 2. The molecule has 0 radical (unpaired) electrons. The lowest BCUT2D eigenvalue weighted by atomic mass is 10.2. The van der Waals surface area contributed by atoms with E-state index in [-0.39, 0.29) is 17.3 Å². The van der Waals surface area contributed by atoms with E-state index < -0.39 is 0 Å². The number of carbonyl (C=O) groups is 1. The smallest absolute Gasteiger partial charge is 0.294 e. The Morgan fingerprint density at radius 2 is 1.89 bits per heavy atom. The van der Waals surface area contributed by atoms with Crippen molar-refractivity contribution in [2.45, 2.75) is 26.9 Å². The van der Waals surface area contributed by atoms with Crippen molar-refractivity contribution in [2.75, 3.05) is 4.90 Å². The molecule has 0 aliphatic rings. The van der Waals surface area contributed by atoms with Gasteiger partial charge in [0.25, 0.3) is 0 Å². The maximum absolute atomic E-state index is 13.2. The number of fused-ring (bicyclic) bond motifs is 1. The molecule has 0 saturated heterocycles. The molecule has 142 valence electrons. The first-order chi connectivity index (χ1) is 13.5. The monoisotopic (exact) mass is 409 g/mol. The van der Waals surface area contributed by atoms with E-state index in [1.165, 1.54) is 15.9 Å². The van der Waals surface area contributed by atoms with E-state index in [0.29, 0.717) is 11.7 Å². The van der Waals surface area contributed by atoms with Crippen LogP contribution in [0.25, 0.3) is 10.2 Å². The predicted molar refractivity (Wildman–Crippen MR) is 115 cm³/mol. The minimum absolute atomic E-state index is 0.00983. The molecule has 0 bridgehead atoms. The number of aryl methyl sites for hydroxylation is 2. The van der Waals surface area contributed by atoms with Gasteiger partial charge in [0.15, 0.2) is 5.13 Å². The molecule has 4 rings (SSSR count). The highest BCUT2D eigenvalue weighted by Crippen LogP contribution is 2.31. The zero-order chi connectivity index (χ0) is 19.7. The van der Waals surface area contributed by atoms with Crippen LogP contribution in [0.3, 0.4) is 0 Å². The molecule has 0 aliphatic carbocycles. The van der Waals surface area contributed by atoms with Crippen LogP contribution in [0.1, 0.15) is 16.8 Å². The molecule has 2 aromatic heterocycles. The van der Waals surface area contributed by atoms with Gasteiger partial charge < -0.3 is 0 Å². The second-order valence-electron chi connectivity index (χ2n) is 6.61. The van der Waals surface area contributed by atoms with Gasteiger partial charge in [-0.05, 0) is 31.0 Å². The number of benzene rings is 2. The van der Waals surface area contributed by atoms with Crippen molar-refractivity contribution in [3.8, 4) is 0 Å². The summed E-state index contributed by atoms with van der Waals surface area (Å²) < 4.78 is 2.56. The van der Waals surface area contributed by atoms with E-state index in [1.54, 1.807) is 10.3 Å². The summed E-state index contributed by atoms with van der Waals surface area (Å²) in [4.78, 5) is 31.6. The SMILES string of the molecule is Cc1cccc2sc(N(Cc3ccccc3)C(=O)Cn3c(C)csc3=O)nc12. The van der Waals surface area contributed by atoms with Crippen molar-refractivity contribution < 1.29 is 4.79 Å². The Bertz CT molecular complexity index is 1190. The largest absolute Gasteiger partial charge is 0.307 e. The van der Waals surface area contributed by atoms with Crippen LogP contribution in [0.15, 0.2) is 58.7 Å². The number of nitrogens with zero attached hydrogens (tertiary/aromatic N) is 3. The molecule has 2 heterocycles. The number of para-hydroxylation sites is 1. The molecule has 0 fully saturated rings. The van der Waals surface area contributed by atoms with Gasteiger partial charge >= 0.3 is 4.87 Å². The van der Waals surface area contributed by atoms with Gasteiger partial charge in [0, 0.05) is 11.1 Å². The van der Waals surface area contributed by atoms with E-state index in [2.05, 4.69) is 0 Å². The van der Waals surface area contributed by atoms with Crippen molar-refractivity contribution in [2.24, 2.45) is 0 Å². The van der Waals surface area contributed by atoms with Crippen molar-refractivity contribution in [1.82, 2.24) is 9.55 Å². The molecular weight excluding hydrogens is 390 g/mol. The van der Waals surface area contributed by atoms with Crippen LogP contribution in [-0.4, -0.2) is 15.5 Å². The molecule has 7 heteroatoms. The van der Waals surface area contributed by atoms with Gasteiger partial charge in [-0.25, -0.2) is 4.98 Å². The quantitative estimate of drug-likeness (QED) is 0.492. The van der Waals surface area contributed by atoms with Crippen LogP contribution >= 0.6 is 22.7 Å². The van der Waals surface area contributed by atoms with E-state index in [1.807, 2.05) is 62.4 Å². The summed E-state index contributed by atoms with van der Waals surface area (Å²) in [6, 6.07) is 15.9. The third-order valence-electron chi connectivity index (χ3n) is 4.59. The summed E-state index contributed by atoms with van der Waals surface area (Å²) in [7, 11) is 0. The maximum atomic E-state index is 13.2. The Kier molecular flexibility index (Phi) is 5.11. The third kappa shape index (κ3) is 3.63. The lowest BCUT2D eigenvalue weighted by Gasteiger charge is -2.20. The minimum Gasteiger partial charge on any atom is -0.294 e. The Morgan fingerprint density at radius 1 is 1.11 bits per heavy atom. The fraction of sp³-hybridized carbons (Fsp3) is 0.190. The first-order valence-electron chi connectivity index (χ1n) is 8.88. The van der Waals surface area contributed by atoms with Gasteiger partial charge in [-0.2, -0.15) is 0 Å². The van der Waals surface area contributed by atoms with Crippen molar-refractivity contribution in [1.29, 1.82) is 0 Å². The maximum Gasteiger partial charge on any atom is 0.307 e. The Hall–Kier alpha value is -2.77. The van der Waals surface area contributed by atoms with Crippen LogP contribution in [0.2, 0.25) is 0 Å².